The van der Waals surface area contributed by atoms with Gasteiger partial charge in [-0.1, -0.05) is 30.7 Å². The lowest BCUT2D eigenvalue weighted by Crippen LogP contribution is -2.35. The van der Waals surface area contributed by atoms with Crippen molar-refractivity contribution in [1.82, 2.24) is 4.72 Å². The smallest absolute Gasteiger partial charge is 0.337 e. The van der Waals surface area contributed by atoms with Crippen molar-refractivity contribution < 1.29 is 22.9 Å². The van der Waals surface area contributed by atoms with E-state index in [0.29, 0.717) is 12.0 Å². The number of methoxy groups -OCH3 is 1. The highest BCUT2D eigenvalue weighted by atomic mass is 35.5. The number of carbonyl (C=O) groups is 1. The lowest BCUT2D eigenvalue weighted by atomic mass is 10.0. The average molecular weight is 442 g/mol. The maximum atomic E-state index is 15.3. The Kier molecular flexibility index (Phi) is 7.80. The summed E-state index contributed by atoms with van der Waals surface area (Å²) in [6, 6.07) is 8.78. The van der Waals surface area contributed by atoms with Gasteiger partial charge in [-0.05, 0) is 51.5 Å². The molecular formula is C21H25ClFNO4S. The number of hydrogen-bond donors (Lipinski definition) is 1. The molecule has 0 aliphatic carbocycles. The fourth-order valence-electron chi connectivity index (χ4n) is 2.51. The van der Waals surface area contributed by atoms with Crippen LogP contribution in [0.4, 0.5) is 4.39 Å². The largest absolute Gasteiger partial charge is 0.465 e. The van der Waals surface area contributed by atoms with Gasteiger partial charge >= 0.3 is 5.97 Å². The Morgan fingerprint density at radius 3 is 2.55 bits per heavy atom. The van der Waals surface area contributed by atoms with Gasteiger partial charge in [-0.25, -0.2) is 18.1 Å². The fourth-order valence-corrected chi connectivity index (χ4v) is 3.60. The van der Waals surface area contributed by atoms with Gasteiger partial charge in [0.2, 0.25) is 0 Å². The fraction of sp³-hybridized carbons (Fsp3) is 0.381. The Morgan fingerprint density at radius 1 is 1.28 bits per heavy atom. The highest BCUT2D eigenvalue weighted by Gasteiger charge is 2.26. The number of rotatable bonds is 7. The van der Waals surface area contributed by atoms with E-state index in [0.717, 1.165) is 0 Å². The maximum absolute atomic E-state index is 15.3. The molecule has 0 radical (unpaired) electrons. The van der Waals surface area contributed by atoms with E-state index in [1.54, 1.807) is 24.3 Å². The molecule has 5 nitrogen and oxygen atoms in total. The second-order valence-corrected chi connectivity index (χ2v) is 9.77. The summed E-state index contributed by atoms with van der Waals surface area (Å²) in [5.41, 5.74) is 0.569. The van der Waals surface area contributed by atoms with Crippen LogP contribution in [0.3, 0.4) is 0 Å². The Hall–Kier alpha value is -1.96. The van der Waals surface area contributed by atoms with Crippen molar-refractivity contribution in [1.29, 1.82) is 0 Å². The number of benzene rings is 2. The van der Waals surface area contributed by atoms with Crippen LogP contribution in [0.15, 0.2) is 36.4 Å². The summed E-state index contributed by atoms with van der Waals surface area (Å²) in [6.45, 7) is 7.38. The molecule has 0 aliphatic rings. The molecule has 0 saturated carbocycles. The van der Waals surface area contributed by atoms with Crippen molar-refractivity contribution in [2.45, 2.75) is 44.9 Å². The predicted molar refractivity (Wildman–Crippen MR) is 113 cm³/mol. The second-order valence-electron chi connectivity index (χ2n) is 7.36. The van der Waals surface area contributed by atoms with E-state index in [4.69, 9.17) is 16.3 Å². The van der Waals surface area contributed by atoms with Crippen LogP contribution in [-0.4, -0.2) is 22.0 Å². The van der Waals surface area contributed by atoms with Gasteiger partial charge in [0.15, 0.2) is 11.6 Å². The van der Waals surface area contributed by atoms with Crippen LogP contribution in [0, 0.1) is 5.82 Å². The van der Waals surface area contributed by atoms with Gasteiger partial charge in [0.25, 0.3) is 0 Å². The Labute approximate surface area is 178 Å². The zero-order valence-corrected chi connectivity index (χ0v) is 18.6. The van der Waals surface area contributed by atoms with Crippen LogP contribution >= 0.6 is 11.6 Å². The first-order valence-corrected chi connectivity index (χ1v) is 10.6. The summed E-state index contributed by atoms with van der Waals surface area (Å²) in [5.74, 6) is -1.10. The molecule has 8 heteroatoms. The predicted octanol–water partition coefficient (Wildman–Crippen LogP) is 5.56. The lowest BCUT2D eigenvalue weighted by molar-refractivity contribution is 0.0600. The van der Waals surface area contributed by atoms with E-state index in [1.165, 1.54) is 19.2 Å². The van der Waals surface area contributed by atoms with E-state index < -0.39 is 33.6 Å². The summed E-state index contributed by atoms with van der Waals surface area (Å²) in [7, 11) is -0.104. The maximum Gasteiger partial charge on any atom is 0.337 e. The zero-order valence-electron chi connectivity index (χ0n) is 17.0. The van der Waals surface area contributed by atoms with Crippen molar-refractivity contribution in [2.24, 2.45) is 0 Å². The van der Waals surface area contributed by atoms with Crippen molar-refractivity contribution in [3.63, 3.8) is 0 Å². The quantitative estimate of drug-likeness (QED) is 0.571. The number of hydrogen-bond acceptors (Lipinski definition) is 4. The molecule has 0 aromatic heterocycles. The molecule has 0 fully saturated rings. The van der Waals surface area contributed by atoms with Crippen LogP contribution in [0.5, 0.6) is 11.5 Å². The topological polar surface area (TPSA) is 64.6 Å². The van der Waals surface area contributed by atoms with Crippen LogP contribution in [0.2, 0.25) is 5.02 Å². The molecule has 2 aromatic carbocycles. The average Bonchev–Trinajstić information content (AvgIpc) is 2.68. The summed E-state index contributed by atoms with van der Waals surface area (Å²) < 4.78 is 40.6. The van der Waals surface area contributed by atoms with E-state index in [9.17, 15) is 9.00 Å². The first kappa shape index (κ1) is 23.3. The molecule has 2 rings (SSSR count). The van der Waals surface area contributed by atoms with Gasteiger partial charge in [-0.3, -0.25) is 0 Å². The zero-order chi connectivity index (χ0) is 21.8. The molecule has 0 bridgehead atoms. The Morgan fingerprint density at radius 2 is 1.97 bits per heavy atom. The summed E-state index contributed by atoms with van der Waals surface area (Å²) in [6.07, 6.45) is 0.512. The monoisotopic (exact) mass is 441 g/mol. The number of ether oxygens (including phenoxy) is 2. The second kappa shape index (κ2) is 9.69. The first-order chi connectivity index (χ1) is 13.6. The molecule has 2 aromatic rings. The summed E-state index contributed by atoms with van der Waals surface area (Å²) >= 11 is 6.17. The van der Waals surface area contributed by atoms with Gasteiger partial charge in [-0.2, -0.15) is 0 Å². The van der Waals surface area contributed by atoms with Crippen molar-refractivity contribution in [2.75, 3.05) is 7.11 Å². The third-order valence-corrected chi connectivity index (χ3v) is 6.05. The molecule has 0 amide bonds. The molecule has 0 heterocycles. The summed E-state index contributed by atoms with van der Waals surface area (Å²) in [5, 5.41) is 0.0847. The lowest BCUT2D eigenvalue weighted by Gasteiger charge is -2.24. The van der Waals surface area contributed by atoms with E-state index in [-0.39, 0.29) is 22.1 Å². The van der Waals surface area contributed by atoms with Crippen molar-refractivity contribution in [3.05, 3.63) is 58.4 Å². The normalized spacial score (nSPS) is 13.6. The van der Waals surface area contributed by atoms with Crippen molar-refractivity contribution >= 4 is 28.6 Å². The molecule has 1 unspecified atom stereocenters. The number of halogens is 2. The van der Waals surface area contributed by atoms with Crippen LogP contribution in [0.25, 0.3) is 0 Å². The molecule has 2 atom stereocenters. The third kappa shape index (κ3) is 5.78. The number of nitrogens with one attached hydrogen (secondary N) is 1. The molecule has 0 aliphatic heterocycles. The third-order valence-electron chi connectivity index (χ3n) is 4.14. The highest BCUT2D eigenvalue weighted by molar-refractivity contribution is 7.84. The van der Waals surface area contributed by atoms with E-state index in [1.807, 2.05) is 27.7 Å². The van der Waals surface area contributed by atoms with E-state index >= 15 is 4.39 Å². The molecule has 1 N–H and O–H groups in total. The minimum atomic E-state index is -1.38. The van der Waals surface area contributed by atoms with Gasteiger partial charge in [0, 0.05) is 11.6 Å². The van der Waals surface area contributed by atoms with Gasteiger partial charge in [-0.15, -0.1) is 0 Å². The molecular weight excluding hydrogens is 417 g/mol. The summed E-state index contributed by atoms with van der Waals surface area (Å²) in [4.78, 5) is 11.7. The Balaban J connectivity index is 2.38. The molecule has 0 spiro atoms. The van der Waals surface area contributed by atoms with E-state index in [2.05, 4.69) is 9.46 Å². The molecule has 0 saturated heterocycles. The minimum absolute atomic E-state index is 0.0847. The van der Waals surface area contributed by atoms with Crippen molar-refractivity contribution in [3.8, 4) is 11.5 Å². The Bertz CT molecular complexity index is 914. The number of esters is 1. The minimum Gasteiger partial charge on any atom is -0.465 e. The standard InChI is InChI=1S/C21H25ClFNO4S/c1-6-17(24-29(26)21(2,3)4)15-10-11-16(22)19(18(15)23)28-14-9-7-8-13(12-14)20(25)27-5/h7-12,17,24H,6H2,1-5H3/t17-,29?/m0/s1. The van der Waals surface area contributed by atoms with Crippen LogP contribution < -0.4 is 9.46 Å². The molecule has 29 heavy (non-hydrogen) atoms. The first-order valence-electron chi connectivity index (χ1n) is 9.10. The SMILES string of the molecule is CC[C@H](NS(=O)C(C)(C)C)c1ccc(Cl)c(Oc2cccc(C(=O)OC)c2)c1F. The van der Waals surface area contributed by atoms with Gasteiger partial charge < -0.3 is 9.47 Å². The van der Waals surface area contributed by atoms with Gasteiger partial charge in [0.05, 0.1) is 33.4 Å². The van der Waals surface area contributed by atoms with Crippen LogP contribution in [-0.2, 0) is 15.7 Å². The number of carbonyl (C=O) groups excluding carboxylic acids is 1. The highest BCUT2D eigenvalue weighted by Crippen LogP contribution is 2.37. The van der Waals surface area contributed by atoms with Gasteiger partial charge in [0.1, 0.15) is 5.75 Å². The molecule has 158 valence electrons. The van der Waals surface area contributed by atoms with Crippen LogP contribution in [0.1, 0.15) is 56.1 Å².